The Bertz CT molecular complexity index is 1100. The van der Waals surface area contributed by atoms with Crippen LogP contribution < -0.4 is 5.32 Å². The number of hydrogen-bond acceptors (Lipinski definition) is 5. The minimum Gasteiger partial charge on any atom is -0.340 e. The molecule has 1 N–H and O–H groups in total. The molecule has 2 aromatic heterocycles. The molecular formula is C26H27N5O. The van der Waals surface area contributed by atoms with E-state index in [0.29, 0.717) is 18.2 Å². The van der Waals surface area contributed by atoms with Crippen LogP contribution in [0.3, 0.4) is 0 Å². The summed E-state index contributed by atoms with van der Waals surface area (Å²) in [6, 6.07) is 15.7. The summed E-state index contributed by atoms with van der Waals surface area (Å²) in [7, 11) is 0. The van der Waals surface area contributed by atoms with Crippen molar-refractivity contribution in [2.24, 2.45) is 5.92 Å². The molecule has 0 bridgehead atoms. The fourth-order valence-electron chi connectivity index (χ4n) is 4.56. The molecule has 3 heterocycles. The van der Waals surface area contributed by atoms with Crippen molar-refractivity contribution in [3.63, 3.8) is 0 Å². The van der Waals surface area contributed by atoms with Crippen LogP contribution in [-0.2, 0) is 4.79 Å². The van der Waals surface area contributed by atoms with Gasteiger partial charge in [0.15, 0.2) is 5.82 Å². The van der Waals surface area contributed by atoms with E-state index >= 15 is 0 Å². The lowest BCUT2D eigenvalue weighted by atomic mass is 10.0. The Labute approximate surface area is 188 Å². The first-order chi connectivity index (χ1) is 15.8. The average molecular weight is 426 g/mol. The van der Waals surface area contributed by atoms with Crippen LogP contribution in [0, 0.1) is 5.92 Å². The van der Waals surface area contributed by atoms with Gasteiger partial charge in [-0.3, -0.25) is 9.78 Å². The number of rotatable bonds is 6. The van der Waals surface area contributed by atoms with Gasteiger partial charge in [-0.1, -0.05) is 30.4 Å². The highest BCUT2D eigenvalue weighted by Crippen LogP contribution is 2.34. The lowest BCUT2D eigenvalue weighted by molar-refractivity contribution is -0.133. The molecule has 162 valence electrons. The van der Waals surface area contributed by atoms with Crippen LogP contribution in [0.25, 0.3) is 11.3 Å². The third kappa shape index (κ3) is 4.54. The molecule has 3 aromatic rings. The second kappa shape index (κ2) is 9.30. The third-order valence-corrected chi connectivity index (χ3v) is 6.19. The van der Waals surface area contributed by atoms with E-state index in [1.54, 1.807) is 12.4 Å². The standard InChI is InChI=1S/C26H27N5O/c32-25(17-19-7-4-5-8-19)31-16-6-11-23(31)26-29-22(20-12-14-27-15-13-20)18-24(30-26)28-21-9-2-1-3-10-21/h1-4,7,9-10,12-15,18-19,23H,5-6,8,11,16-17H2,(H,28,29,30)/t19-,23+/m0/s1. The zero-order valence-electron chi connectivity index (χ0n) is 18.0. The average Bonchev–Trinajstić information content (AvgIpc) is 3.52. The number of carbonyl (C=O) groups excluding carboxylic acids is 1. The van der Waals surface area contributed by atoms with E-state index in [4.69, 9.17) is 9.97 Å². The molecule has 1 aromatic carbocycles. The quantitative estimate of drug-likeness (QED) is 0.543. The van der Waals surface area contributed by atoms with Crippen LogP contribution in [0.1, 0.15) is 44.0 Å². The van der Waals surface area contributed by atoms with Crippen LogP contribution >= 0.6 is 0 Å². The molecule has 5 rings (SSSR count). The largest absolute Gasteiger partial charge is 0.340 e. The maximum absolute atomic E-state index is 13.1. The summed E-state index contributed by atoms with van der Waals surface area (Å²) < 4.78 is 0. The van der Waals surface area contributed by atoms with Gasteiger partial charge in [0.05, 0.1) is 11.7 Å². The topological polar surface area (TPSA) is 71.0 Å². The first-order valence-corrected chi connectivity index (χ1v) is 11.3. The van der Waals surface area contributed by atoms with E-state index in [0.717, 1.165) is 55.0 Å². The third-order valence-electron chi connectivity index (χ3n) is 6.19. The number of carbonyl (C=O) groups is 1. The predicted octanol–water partition coefficient (Wildman–Crippen LogP) is 5.30. The molecule has 0 unspecified atom stereocenters. The monoisotopic (exact) mass is 425 g/mol. The number of anilines is 2. The zero-order chi connectivity index (χ0) is 21.8. The Morgan fingerprint density at radius 3 is 2.69 bits per heavy atom. The minimum atomic E-state index is -0.0917. The van der Waals surface area contributed by atoms with Gasteiger partial charge in [-0.25, -0.2) is 9.97 Å². The summed E-state index contributed by atoms with van der Waals surface area (Å²) in [5, 5.41) is 3.40. The van der Waals surface area contributed by atoms with Crippen LogP contribution in [-0.4, -0.2) is 32.3 Å². The first-order valence-electron chi connectivity index (χ1n) is 11.3. The van der Waals surface area contributed by atoms with Gasteiger partial charge in [0.2, 0.25) is 5.91 Å². The first kappa shape index (κ1) is 20.4. The van der Waals surface area contributed by atoms with Crippen molar-refractivity contribution in [2.75, 3.05) is 11.9 Å². The Balaban J connectivity index is 1.46. The Hall–Kier alpha value is -3.54. The molecule has 6 nitrogen and oxygen atoms in total. The maximum Gasteiger partial charge on any atom is 0.223 e. The highest BCUT2D eigenvalue weighted by Gasteiger charge is 2.33. The Morgan fingerprint density at radius 2 is 1.91 bits per heavy atom. The van der Waals surface area contributed by atoms with E-state index in [1.165, 1.54) is 0 Å². The zero-order valence-corrected chi connectivity index (χ0v) is 18.0. The molecule has 0 spiro atoms. The summed E-state index contributed by atoms with van der Waals surface area (Å²) in [5.41, 5.74) is 2.77. The number of allylic oxidation sites excluding steroid dienone is 2. The molecule has 2 aliphatic rings. The van der Waals surface area contributed by atoms with Crippen LogP contribution in [0.15, 0.2) is 73.1 Å². The van der Waals surface area contributed by atoms with Gasteiger partial charge in [0.25, 0.3) is 0 Å². The fraction of sp³-hybridized carbons (Fsp3) is 0.308. The summed E-state index contributed by atoms with van der Waals surface area (Å²) in [5.74, 6) is 2.00. The number of aromatic nitrogens is 3. The van der Waals surface area contributed by atoms with Gasteiger partial charge in [0, 0.05) is 42.7 Å². The van der Waals surface area contributed by atoms with E-state index < -0.39 is 0 Å². The molecule has 1 aliphatic heterocycles. The number of nitrogens with zero attached hydrogens (tertiary/aromatic N) is 4. The van der Waals surface area contributed by atoms with Gasteiger partial charge in [0.1, 0.15) is 5.82 Å². The normalized spacial score (nSPS) is 19.9. The smallest absolute Gasteiger partial charge is 0.223 e. The van der Waals surface area contributed by atoms with Crippen LogP contribution in [0.4, 0.5) is 11.5 Å². The second-order valence-corrected chi connectivity index (χ2v) is 8.44. The number of hydrogen-bond donors (Lipinski definition) is 1. The van der Waals surface area contributed by atoms with Gasteiger partial charge < -0.3 is 10.2 Å². The molecule has 1 saturated heterocycles. The highest BCUT2D eigenvalue weighted by molar-refractivity contribution is 5.77. The number of likely N-dealkylation sites (tertiary alicyclic amines) is 1. The SMILES string of the molecule is O=C(C[C@H]1C=CCC1)N1CCC[C@@H]1c1nc(Nc2ccccc2)cc(-c2ccncc2)n1. The number of amides is 1. The number of pyridine rings is 1. The molecule has 6 heteroatoms. The Kier molecular flexibility index (Phi) is 5.92. The lowest BCUT2D eigenvalue weighted by Crippen LogP contribution is -2.32. The van der Waals surface area contributed by atoms with Gasteiger partial charge in [-0.05, 0) is 55.9 Å². The molecule has 1 aliphatic carbocycles. The van der Waals surface area contributed by atoms with E-state index in [2.05, 4.69) is 22.5 Å². The minimum absolute atomic E-state index is 0.0917. The van der Waals surface area contributed by atoms with Crippen molar-refractivity contribution in [2.45, 2.75) is 38.1 Å². The number of nitrogens with one attached hydrogen (secondary N) is 1. The molecule has 1 amide bonds. The van der Waals surface area contributed by atoms with Gasteiger partial charge in [-0.15, -0.1) is 0 Å². The van der Waals surface area contributed by atoms with Crippen molar-refractivity contribution in [1.82, 2.24) is 19.9 Å². The molecule has 32 heavy (non-hydrogen) atoms. The van der Waals surface area contributed by atoms with Crippen molar-refractivity contribution >= 4 is 17.4 Å². The van der Waals surface area contributed by atoms with E-state index in [9.17, 15) is 4.79 Å². The van der Waals surface area contributed by atoms with Crippen molar-refractivity contribution in [3.8, 4) is 11.3 Å². The number of benzene rings is 1. The fourth-order valence-corrected chi connectivity index (χ4v) is 4.56. The summed E-state index contributed by atoms with van der Waals surface area (Å²) in [6.45, 7) is 0.768. The number of para-hydroxylation sites is 1. The maximum atomic E-state index is 13.1. The van der Waals surface area contributed by atoms with Gasteiger partial charge in [-0.2, -0.15) is 0 Å². The molecule has 2 atom stereocenters. The molecule has 0 radical (unpaired) electrons. The van der Waals surface area contributed by atoms with Crippen LogP contribution in [0.2, 0.25) is 0 Å². The second-order valence-electron chi connectivity index (χ2n) is 8.44. The predicted molar refractivity (Wildman–Crippen MR) is 125 cm³/mol. The van der Waals surface area contributed by atoms with Crippen LogP contribution in [0.5, 0.6) is 0 Å². The molecular weight excluding hydrogens is 398 g/mol. The van der Waals surface area contributed by atoms with E-state index in [-0.39, 0.29) is 11.9 Å². The molecule has 1 fully saturated rings. The molecule has 0 saturated carbocycles. The van der Waals surface area contributed by atoms with Gasteiger partial charge >= 0.3 is 0 Å². The van der Waals surface area contributed by atoms with Crippen molar-refractivity contribution in [3.05, 3.63) is 78.9 Å². The van der Waals surface area contributed by atoms with Crippen molar-refractivity contribution in [1.29, 1.82) is 0 Å². The Morgan fingerprint density at radius 1 is 1.06 bits per heavy atom. The lowest BCUT2D eigenvalue weighted by Gasteiger charge is -2.25. The summed E-state index contributed by atoms with van der Waals surface area (Å²) in [6.07, 6.45) is 12.5. The summed E-state index contributed by atoms with van der Waals surface area (Å²) >= 11 is 0. The highest BCUT2D eigenvalue weighted by atomic mass is 16.2. The summed E-state index contributed by atoms with van der Waals surface area (Å²) in [4.78, 5) is 29.0. The van der Waals surface area contributed by atoms with Crippen molar-refractivity contribution < 1.29 is 4.79 Å². The van der Waals surface area contributed by atoms with E-state index in [1.807, 2.05) is 53.4 Å².